The Balaban J connectivity index is 0.00000225. The van der Waals surface area contributed by atoms with Crippen molar-refractivity contribution in [2.45, 2.75) is 19.4 Å². The summed E-state index contributed by atoms with van der Waals surface area (Å²) >= 11 is 0. The van der Waals surface area contributed by atoms with Crippen LogP contribution in [0.15, 0.2) is 53.9 Å². The molecular formula is C18H18BrN3O3. The van der Waals surface area contributed by atoms with Gasteiger partial charge >= 0.3 is 0 Å². The van der Waals surface area contributed by atoms with Gasteiger partial charge in [-0.05, 0) is 24.3 Å². The van der Waals surface area contributed by atoms with Gasteiger partial charge in [0.15, 0.2) is 12.4 Å². The SMILES string of the molecule is COc1ccc(C(=O)C[n+]2ccc(C3=NNC(=O)CC3)cc2)cc1.[Br-]. The largest absolute Gasteiger partial charge is 1.00 e. The topological polar surface area (TPSA) is 71.6 Å². The van der Waals surface area contributed by atoms with Crippen molar-refractivity contribution >= 4 is 17.4 Å². The summed E-state index contributed by atoms with van der Waals surface area (Å²) in [6.07, 6.45) is 4.76. The fourth-order valence-electron chi connectivity index (χ4n) is 2.47. The van der Waals surface area contributed by atoms with Gasteiger partial charge in [-0.15, -0.1) is 0 Å². The number of methoxy groups -OCH3 is 1. The molecule has 0 saturated carbocycles. The number of hydrazone groups is 1. The second-order valence-electron chi connectivity index (χ2n) is 5.50. The molecule has 25 heavy (non-hydrogen) atoms. The minimum Gasteiger partial charge on any atom is -1.00 e. The summed E-state index contributed by atoms with van der Waals surface area (Å²) in [6.45, 7) is 0.260. The van der Waals surface area contributed by atoms with Crippen LogP contribution in [-0.4, -0.2) is 24.5 Å². The van der Waals surface area contributed by atoms with Crippen LogP contribution in [0, 0.1) is 0 Å². The standard InChI is InChI=1S/C18H17N3O3.BrH/c1-24-15-4-2-14(3-5-15)17(22)12-21-10-8-13(9-11-21)16-6-7-18(23)20-19-16;/h2-5,8-11H,6-7,12H2,1H3;1H. The van der Waals surface area contributed by atoms with E-state index in [0.717, 1.165) is 17.0 Å². The number of Topliss-reactive ketones (excluding diaryl/α,β-unsaturated/α-hetero) is 1. The van der Waals surface area contributed by atoms with Crippen LogP contribution in [0.1, 0.15) is 28.8 Å². The summed E-state index contributed by atoms with van der Waals surface area (Å²) in [5.41, 5.74) is 4.93. The Hall–Kier alpha value is -2.54. The lowest BCUT2D eigenvalue weighted by atomic mass is 10.1. The van der Waals surface area contributed by atoms with E-state index < -0.39 is 0 Å². The van der Waals surface area contributed by atoms with Crippen molar-refractivity contribution in [3.05, 3.63) is 59.9 Å². The quantitative estimate of drug-likeness (QED) is 0.487. The summed E-state index contributed by atoms with van der Waals surface area (Å²) in [4.78, 5) is 23.4. The van der Waals surface area contributed by atoms with E-state index in [1.165, 1.54) is 0 Å². The number of nitrogens with one attached hydrogen (secondary N) is 1. The fraction of sp³-hybridized carbons (Fsp3) is 0.222. The molecule has 1 N–H and O–H groups in total. The number of carbonyl (C=O) groups is 2. The fourth-order valence-corrected chi connectivity index (χ4v) is 2.47. The molecule has 1 aliphatic rings. The molecule has 1 aromatic heterocycles. The smallest absolute Gasteiger partial charge is 0.240 e. The van der Waals surface area contributed by atoms with Gasteiger partial charge in [0.25, 0.3) is 0 Å². The zero-order valence-corrected chi connectivity index (χ0v) is 15.3. The first-order valence-corrected chi connectivity index (χ1v) is 7.68. The van der Waals surface area contributed by atoms with Crippen molar-refractivity contribution in [3.63, 3.8) is 0 Å². The first-order valence-electron chi connectivity index (χ1n) is 7.68. The Morgan fingerprint density at radius 2 is 1.84 bits per heavy atom. The van der Waals surface area contributed by atoms with Crippen LogP contribution in [0.3, 0.4) is 0 Å². The molecule has 1 aromatic carbocycles. The molecule has 0 bridgehead atoms. The zero-order chi connectivity index (χ0) is 16.9. The third kappa shape index (κ3) is 4.73. The molecule has 0 atom stereocenters. The van der Waals surface area contributed by atoms with Crippen LogP contribution in [-0.2, 0) is 11.3 Å². The molecule has 6 nitrogen and oxygen atoms in total. The van der Waals surface area contributed by atoms with Crippen LogP contribution in [0.4, 0.5) is 0 Å². The number of hydrogen-bond acceptors (Lipinski definition) is 4. The summed E-state index contributed by atoms with van der Waals surface area (Å²) < 4.78 is 6.91. The molecule has 7 heteroatoms. The predicted molar refractivity (Wildman–Crippen MR) is 87.9 cm³/mol. The number of aromatic nitrogens is 1. The highest BCUT2D eigenvalue weighted by Crippen LogP contribution is 2.12. The van der Waals surface area contributed by atoms with E-state index in [0.29, 0.717) is 18.4 Å². The average molecular weight is 404 g/mol. The maximum absolute atomic E-state index is 12.3. The lowest BCUT2D eigenvalue weighted by molar-refractivity contribution is -0.683. The minimum absolute atomic E-state index is 0. The van der Waals surface area contributed by atoms with E-state index in [1.54, 1.807) is 31.4 Å². The highest BCUT2D eigenvalue weighted by Gasteiger charge is 2.16. The number of pyridine rings is 1. The van der Waals surface area contributed by atoms with Gasteiger partial charge < -0.3 is 21.7 Å². The van der Waals surface area contributed by atoms with Gasteiger partial charge in [0.2, 0.25) is 18.2 Å². The second kappa shape index (κ2) is 8.53. The van der Waals surface area contributed by atoms with Crippen molar-refractivity contribution in [3.8, 4) is 5.75 Å². The van der Waals surface area contributed by atoms with E-state index >= 15 is 0 Å². The molecule has 2 heterocycles. The number of halogens is 1. The Kier molecular flexibility index (Phi) is 6.41. The first-order chi connectivity index (χ1) is 11.7. The normalized spacial score (nSPS) is 13.3. The summed E-state index contributed by atoms with van der Waals surface area (Å²) in [7, 11) is 1.59. The van der Waals surface area contributed by atoms with Gasteiger partial charge in [-0.3, -0.25) is 9.59 Å². The van der Waals surface area contributed by atoms with Crippen molar-refractivity contribution in [2.24, 2.45) is 5.10 Å². The Morgan fingerprint density at radius 1 is 1.16 bits per heavy atom. The molecule has 1 aliphatic heterocycles. The lowest BCUT2D eigenvalue weighted by Gasteiger charge is -2.11. The van der Waals surface area contributed by atoms with E-state index in [9.17, 15) is 9.59 Å². The number of carbonyl (C=O) groups excluding carboxylic acids is 2. The Morgan fingerprint density at radius 3 is 2.40 bits per heavy atom. The number of benzene rings is 1. The molecule has 0 radical (unpaired) electrons. The molecule has 0 fully saturated rings. The molecular weight excluding hydrogens is 386 g/mol. The molecule has 0 saturated heterocycles. The number of ether oxygens (including phenoxy) is 1. The molecule has 2 aromatic rings. The monoisotopic (exact) mass is 403 g/mol. The molecule has 3 rings (SSSR count). The van der Waals surface area contributed by atoms with Crippen LogP contribution >= 0.6 is 0 Å². The van der Waals surface area contributed by atoms with Gasteiger partial charge in [0.1, 0.15) is 5.75 Å². The molecule has 0 aliphatic carbocycles. The first kappa shape index (κ1) is 18.8. The van der Waals surface area contributed by atoms with Crippen LogP contribution < -0.4 is 31.7 Å². The number of ketones is 1. The van der Waals surface area contributed by atoms with Crippen LogP contribution in [0.5, 0.6) is 5.75 Å². The van der Waals surface area contributed by atoms with E-state index in [1.807, 2.05) is 29.1 Å². The Bertz CT molecular complexity index is 786. The predicted octanol–water partition coefficient (Wildman–Crippen LogP) is -1.52. The van der Waals surface area contributed by atoms with Crippen LogP contribution in [0.25, 0.3) is 0 Å². The van der Waals surface area contributed by atoms with E-state index in [2.05, 4.69) is 10.5 Å². The van der Waals surface area contributed by atoms with Gasteiger partial charge in [0.05, 0.1) is 12.8 Å². The number of nitrogens with zero attached hydrogens (tertiary/aromatic N) is 2. The molecule has 1 amide bonds. The number of rotatable bonds is 5. The highest BCUT2D eigenvalue weighted by atomic mass is 79.9. The van der Waals surface area contributed by atoms with Gasteiger partial charge in [-0.1, -0.05) is 0 Å². The van der Waals surface area contributed by atoms with Gasteiger partial charge in [-0.25, -0.2) is 5.43 Å². The second-order valence-corrected chi connectivity index (χ2v) is 5.50. The van der Waals surface area contributed by atoms with E-state index in [4.69, 9.17) is 4.74 Å². The van der Waals surface area contributed by atoms with E-state index in [-0.39, 0.29) is 35.2 Å². The highest BCUT2D eigenvalue weighted by molar-refractivity contribution is 6.04. The third-order valence-corrected chi connectivity index (χ3v) is 3.87. The lowest BCUT2D eigenvalue weighted by Crippen LogP contribution is -3.00. The number of hydrogen-bond donors (Lipinski definition) is 1. The minimum atomic E-state index is -0.0603. The zero-order valence-electron chi connectivity index (χ0n) is 13.7. The van der Waals surface area contributed by atoms with Gasteiger partial charge in [0, 0.05) is 36.1 Å². The Labute approximate surface area is 156 Å². The van der Waals surface area contributed by atoms with Crippen LogP contribution in [0.2, 0.25) is 0 Å². The molecule has 0 unspecified atom stereocenters. The van der Waals surface area contributed by atoms with Crippen molar-refractivity contribution in [1.82, 2.24) is 5.43 Å². The van der Waals surface area contributed by atoms with Crippen molar-refractivity contribution < 1.29 is 35.9 Å². The maximum Gasteiger partial charge on any atom is 0.240 e. The summed E-state index contributed by atoms with van der Waals surface area (Å²) in [5.74, 6) is 0.691. The summed E-state index contributed by atoms with van der Waals surface area (Å²) in [6, 6.07) is 10.9. The van der Waals surface area contributed by atoms with Crippen molar-refractivity contribution in [1.29, 1.82) is 0 Å². The third-order valence-electron chi connectivity index (χ3n) is 3.87. The average Bonchev–Trinajstić information content (AvgIpc) is 2.63. The molecule has 130 valence electrons. The maximum atomic E-state index is 12.3. The van der Waals surface area contributed by atoms with Gasteiger partial charge in [-0.2, -0.15) is 9.67 Å². The number of amides is 1. The van der Waals surface area contributed by atoms with Crippen molar-refractivity contribution in [2.75, 3.05) is 7.11 Å². The molecule has 0 spiro atoms. The summed E-state index contributed by atoms with van der Waals surface area (Å²) in [5, 5.41) is 4.06.